The minimum atomic E-state index is -0.888. The Labute approximate surface area is 235 Å². The lowest BCUT2D eigenvalue weighted by Crippen LogP contribution is -2.23. The van der Waals surface area contributed by atoms with Crippen molar-refractivity contribution in [2.24, 2.45) is 12.2 Å². The standard InChI is InChI=1S/C30H30N6O5/c1-35-15-20(18-8-2-4-10-22(18)35)27-28(30(40)33-29(27)39)21-16-36(23-11-5-3-9-19(21)23)26(38)12-6-7-17-13-24(37)25(41-17)14-32-34-31/h2-5,8-11,15-17,24-26,37-38H,6-7,12-14H2,1H3,(H,33,39,40)/t17-,24+,25-,26?/m1/s1. The van der Waals surface area contributed by atoms with E-state index in [0.717, 1.165) is 21.8 Å². The van der Waals surface area contributed by atoms with Crippen molar-refractivity contribution in [3.63, 3.8) is 0 Å². The van der Waals surface area contributed by atoms with Crippen LogP contribution in [-0.2, 0) is 21.4 Å². The third kappa shape index (κ3) is 4.79. The van der Waals surface area contributed by atoms with Crippen molar-refractivity contribution in [1.82, 2.24) is 14.5 Å². The Balaban J connectivity index is 1.31. The Bertz CT molecular complexity index is 1750. The highest BCUT2D eigenvalue weighted by atomic mass is 16.5. The normalized spacial score (nSPS) is 21.6. The third-order valence-corrected chi connectivity index (χ3v) is 8.04. The maximum atomic E-state index is 13.2. The van der Waals surface area contributed by atoms with Gasteiger partial charge in [0.25, 0.3) is 11.8 Å². The monoisotopic (exact) mass is 554 g/mol. The molecule has 0 saturated carbocycles. The number of hydrogen-bond acceptors (Lipinski definition) is 6. The van der Waals surface area contributed by atoms with E-state index in [2.05, 4.69) is 15.3 Å². The smallest absolute Gasteiger partial charge is 0.259 e. The van der Waals surface area contributed by atoms with Gasteiger partial charge < -0.3 is 24.1 Å². The van der Waals surface area contributed by atoms with Gasteiger partial charge in [-0.05, 0) is 36.9 Å². The summed E-state index contributed by atoms with van der Waals surface area (Å²) in [5.74, 6) is -0.918. The number of nitrogens with zero attached hydrogens (tertiary/aromatic N) is 5. The van der Waals surface area contributed by atoms with Crippen molar-refractivity contribution in [3.05, 3.63) is 82.5 Å². The van der Waals surface area contributed by atoms with E-state index in [-0.39, 0.29) is 18.2 Å². The Hall–Kier alpha value is -4.41. The highest BCUT2D eigenvalue weighted by Gasteiger charge is 2.36. The number of fused-ring (bicyclic) bond motifs is 2. The quantitative estimate of drug-likeness (QED) is 0.122. The van der Waals surface area contributed by atoms with Crippen LogP contribution >= 0.6 is 0 Å². The minimum absolute atomic E-state index is 0.0849. The number of aliphatic hydroxyl groups excluding tert-OH is 2. The lowest BCUT2D eigenvalue weighted by molar-refractivity contribution is -0.122. The molecule has 2 amide bonds. The van der Waals surface area contributed by atoms with E-state index < -0.39 is 30.3 Å². The van der Waals surface area contributed by atoms with Crippen LogP contribution in [0.4, 0.5) is 0 Å². The van der Waals surface area contributed by atoms with Crippen LogP contribution in [0.2, 0.25) is 0 Å². The number of benzene rings is 2. The summed E-state index contributed by atoms with van der Waals surface area (Å²) in [5.41, 5.74) is 12.1. The molecule has 11 nitrogen and oxygen atoms in total. The molecule has 2 aliphatic heterocycles. The lowest BCUT2D eigenvalue weighted by atomic mass is 9.95. The number of rotatable bonds is 9. The Morgan fingerprint density at radius 1 is 1.05 bits per heavy atom. The van der Waals surface area contributed by atoms with E-state index in [4.69, 9.17) is 10.3 Å². The van der Waals surface area contributed by atoms with E-state index in [9.17, 15) is 19.8 Å². The van der Waals surface area contributed by atoms with Gasteiger partial charge in [-0.3, -0.25) is 14.9 Å². The molecule has 0 radical (unpaired) electrons. The van der Waals surface area contributed by atoms with Crippen LogP contribution < -0.4 is 5.32 Å². The van der Waals surface area contributed by atoms with Gasteiger partial charge in [-0.15, -0.1) is 0 Å². The molecule has 4 aromatic rings. The first-order valence-corrected chi connectivity index (χ1v) is 13.6. The largest absolute Gasteiger partial charge is 0.390 e. The molecule has 1 fully saturated rings. The van der Waals surface area contributed by atoms with Gasteiger partial charge in [0.1, 0.15) is 6.23 Å². The molecular weight excluding hydrogens is 524 g/mol. The summed E-state index contributed by atoms with van der Waals surface area (Å²) >= 11 is 0. The summed E-state index contributed by atoms with van der Waals surface area (Å²) in [5, 5.41) is 29.0. The summed E-state index contributed by atoms with van der Waals surface area (Å²) in [6, 6.07) is 15.2. The number of amides is 2. The first-order chi connectivity index (χ1) is 19.9. The highest BCUT2D eigenvalue weighted by Crippen LogP contribution is 2.39. The number of aryl methyl sites for hydroxylation is 1. The van der Waals surface area contributed by atoms with Gasteiger partial charge in [0.15, 0.2) is 0 Å². The average molecular weight is 555 g/mol. The molecule has 4 atom stereocenters. The van der Waals surface area contributed by atoms with Gasteiger partial charge in [-0.1, -0.05) is 41.5 Å². The molecule has 2 aliphatic rings. The number of carbonyl (C=O) groups excluding carboxylic acids is 2. The lowest BCUT2D eigenvalue weighted by Gasteiger charge is -2.16. The molecule has 2 aromatic heterocycles. The molecule has 2 aromatic carbocycles. The summed E-state index contributed by atoms with van der Waals surface area (Å²) in [7, 11) is 1.90. The number of para-hydroxylation sites is 2. The van der Waals surface area contributed by atoms with Gasteiger partial charge in [-0.2, -0.15) is 0 Å². The number of aromatic nitrogens is 2. The number of hydrogen-bond donors (Lipinski definition) is 3. The van der Waals surface area contributed by atoms with Crippen molar-refractivity contribution >= 4 is 44.8 Å². The van der Waals surface area contributed by atoms with Crippen molar-refractivity contribution in [1.29, 1.82) is 0 Å². The number of imide groups is 1. The second-order valence-electron chi connectivity index (χ2n) is 10.6. The first kappa shape index (κ1) is 26.8. The topological polar surface area (TPSA) is 154 Å². The summed E-state index contributed by atoms with van der Waals surface area (Å²) < 4.78 is 9.50. The van der Waals surface area contributed by atoms with Crippen molar-refractivity contribution in [3.8, 4) is 0 Å². The summed E-state index contributed by atoms with van der Waals surface area (Å²) in [4.78, 5) is 29.1. The molecule has 0 aliphatic carbocycles. The maximum absolute atomic E-state index is 13.2. The van der Waals surface area contributed by atoms with Crippen LogP contribution in [0.15, 0.2) is 66.0 Å². The molecule has 1 saturated heterocycles. The average Bonchev–Trinajstić information content (AvgIpc) is 3.69. The maximum Gasteiger partial charge on any atom is 0.259 e. The Kier molecular flexibility index (Phi) is 7.10. The van der Waals surface area contributed by atoms with Crippen molar-refractivity contribution in [2.75, 3.05) is 6.54 Å². The Morgan fingerprint density at radius 2 is 1.68 bits per heavy atom. The number of carbonyl (C=O) groups is 2. The highest BCUT2D eigenvalue weighted by molar-refractivity contribution is 6.50. The van der Waals surface area contributed by atoms with Crippen molar-refractivity contribution in [2.45, 2.75) is 50.2 Å². The van der Waals surface area contributed by atoms with Crippen LogP contribution in [0.25, 0.3) is 43.4 Å². The second-order valence-corrected chi connectivity index (χ2v) is 10.6. The van der Waals surface area contributed by atoms with E-state index in [1.165, 1.54) is 0 Å². The number of azide groups is 1. The van der Waals surface area contributed by atoms with Gasteiger partial charge in [0, 0.05) is 58.2 Å². The summed E-state index contributed by atoms with van der Waals surface area (Å²) in [6.45, 7) is 0.0849. The predicted octanol–water partition coefficient (Wildman–Crippen LogP) is 4.19. The van der Waals surface area contributed by atoms with E-state index in [0.29, 0.717) is 42.4 Å². The molecule has 1 unspecified atom stereocenters. The fourth-order valence-electron chi connectivity index (χ4n) is 6.11. The molecule has 0 bridgehead atoms. The van der Waals surface area contributed by atoms with Crippen LogP contribution in [0.3, 0.4) is 0 Å². The van der Waals surface area contributed by atoms with Gasteiger partial charge in [0.2, 0.25) is 0 Å². The molecule has 210 valence electrons. The SMILES string of the molecule is Cn1cc(C2=C(c3cn(C(O)CCC[C@@H]4C[C@H](O)[C@@H](CN=[N+]=[N-])O4)c4ccccc34)C(=O)NC2=O)c2ccccc21. The molecule has 41 heavy (non-hydrogen) atoms. The summed E-state index contributed by atoms with van der Waals surface area (Å²) in [6.07, 6.45) is 3.46. The second kappa shape index (κ2) is 10.9. The fourth-order valence-corrected chi connectivity index (χ4v) is 6.11. The van der Waals surface area contributed by atoms with Gasteiger partial charge in [0.05, 0.1) is 41.5 Å². The number of aliphatic hydroxyl groups is 2. The van der Waals surface area contributed by atoms with E-state index in [1.807, 2.05) is 66.3 Å². The molecule has 0 spiro atoms. The van der Waals surface area contributed by atoms with Crippen LogP contribution in [0.5, 0.6) is 0 Å². The zero-order valence-corrected chi connectivity index (χ0v) is 22.5. The molecule has 4 heterocycles. The van der Waals surface area contributed by atoms with Crippen molar-refractivity contribution < 1.29 is 24.5 Å². The van der Waals surface area contributed by atoms with E-state index >= 15 is 0 Å². The number of nitrogens with one attached hydrogen (secondary N) is 1. The van der Waals surface area contributed by atoms with Gasteiger partial charge in [-0.25, -0.2) is 0 Å². The number of ether oxygens (including phenoxy) is 1. The molecule has 3 N–H and O–H groups in total. The zero-order valence-electron chi connectivity index (χ0n) is 22.5. The Morgan fingerprint density at radius 3 is 2.39 bits per heavy atom. The zero-order chi connectivity index (χ0) is 28.7. The molecular formula is C30H30N6O5. The molecule has 11 heteroatoms. The minimum Gasteiger partial charge on any atom is -0.390 e. The van der Waals surface area contributed by atoms with Crippen LogP contribution in [0.1, 0.15) is 43.0 Å². The predicted molar refractivity (Wildman–Crippen MR) is 153 cm³/mol. The van der Waals surface area contributed by atoms with E-state index in [1.54, 1.807) is 10.8 Å². The molecule has 6 rings (SSSR count). The van der Waals surface area contributed by atoms with Crippen LogP contribution in [-0.4, -0.2) is 56.0 Å². The first-order valence-electron chi connectivity index (χ1n) is 13.6. The van der Waals surface area contributed by atoms with Gasteiger partial charge >= 0.3 is 0 Å². The fraction of sp³-hybridized carbons (Fsp3) is 0.333. The van der Waals surface area contributed by atoms with Crippen LogP contribution in [0, 0.1) is 0 Å². The third-order valence-electron chi connectivity index (χ3n) is 8.04.